The van der Waals surface area contributed by atoms with Gasteiger partial charge in [0.1, 0.15) is 6.61 Å². The van der Waals surface area contributed by atoms with Crippen molar-refractivity contribution < 1.29 is 48.0 Å². The number of hydrogen-bond acceptors (Lipinski definition) is 10. The molecule has 0 radical (unpaired) electrons. The van der Waals surface area contributed by atoms with Crippen molar-refractivity contribution >= 4 is 17.5 Å². The van der Waals surface area contributed by atoms with E-state index < -0.39 is 75.4 Å². The van der Waals surface area contributed by atoms with E-state index in [2.05, 4.69) is 4.84 Å². The number of benzene rings is 1. The van der Waals surface area contributed by atoms with E-state index in [0.717, 1.165) is 0 Å². The van der Waals surface area contributed by atoms with Crippen molar-refractivity contribution in [2.75, 3.05) is 6.61 Å². The second-order valence-corrected chi connectivity index (χ2v) is 13.5. The average Bonchev–Trinajstić information content (AvgIpc) is 3.37. The summed E-state index contributed by atoms with van der Waals surface area (Å²) in [5.41, 5.74) is -4.87. The summed E-state index contributed by atoms with van der Waals surface area (Å²) < 4.78 is 35.7. The molecule has 0 spiro atoms. The van der Waals surface area contributed by atoms with E-state index >= 15 is 4.39 Å². The van der Waals surface area contributed by atoms with Gasteiger partial charge in [0.05, 0.1) is 17.8 Å². The third-order valence-electron chi connectivity index (χ3n) is 10.9. The fraction of sp³-hybridized carbons (Fsp3) is 0.594. The lowest BCUT2D eigenvalue weighted by molar-refractivity contribution is -0.763. The molecule has 1 aromatic carbocycles. The van der Waals surface area contributed by atoms with Gasteiger partial charge < -0.3 is 24.2 Å². The van der Waals surface area contributed by atoms with Crippen molar-refractivity contribution in [3.8, 4) is 0 Å². The number of allylic oxidation sites excluding steroid dienone is 4. The lowest BCUT2D eigenvalue weighted by Gasteiger charge is -2.62. The Morgan fingerprint density at radius 3 is 2.68 bits per heavy atom. The molecule has 1 aliphatic heterocycles. The van der Waals surface area contributed by atoms with Gasteiger partial charge in [0.25, 0.3) is 5.09 Å². The number of fused-ring (bicyclic) bond motifs is 7. The zero-order valence-electron chi connectivity index (χ0n) is 25.0. The first-order valence-electron chi connectivity index (χ1n) is 14.8. The van der Waals surface area contributed by atoms with Crippen molar-refractivity contribution in [2.45, 2.75) is 89.2 Å². The lowest BCUT2D eigenvalue weighted by atomic mass is 9.44. The van der Waals surface area contributed by atoms with Gasteiger partial charge in [-0.3, -0.25) is 9.59 Å². The summed E-state index contributed by atoms with van der Waals surface area (Å²) >= 11 is 0. The molecule has 0 bridgehead atoms. The van der Waals surface area contributed by atoms with Gasteiger partial charge in [0, 0.05) is 16.7 Å². The number of ketones is 2. The molecular formula is C32H36FNO10. The fourth-order valence-electron chi connectivity index (χ4n) is 9.05. The molecule has 1 N–H and O–H groups in total. The molecule has 2 unspecified atom stereocenters. The molecule has 4 fully saturated rings. The monoisotopic (exact) mass is 613 g/mol. The number of halogens is 1. The van der Waals surface area contributed by atoms with E-state index in [-0.39, 0.29) is 24.4 Å². The first-order valence-corrected chi connectivity index (χ1v) is 14.8. The van der Waals surface area contributed by atoms with Crippen LogP contribution in [0.15, 0.2) is 48.1 Å². The topological polar surface area (TPSA) is 152 Å². The second-order valence-electron chi connectivity index (χ2n) is 13.5. The highest BCUT2D eigenvalue weighted by atomic mass is 19.1. The maximum atomic E-state index is 17.6. The van der Waals surface area contributed by atoms with Crippen LogP contribution in [0.4, 0.5) is 4.39 Å². The number of ether oxygens (including phenoxy) is 3. The summed E-state index contributed by atoms with van der Waals surface area (Å²) in [5.74, 6) is -3.82. The zero-order valence-corrected chi connectivity index (χ0v) is 25.0. The number of aliphatic hydroxyl groups excluding tert-OH is 1. The number of rotatable bonds is 7. The van der Waals surface area contributed by atoms with Crippen LogP contribution in [-0.2, 0) is 35.2 Å². The number of aliphatic hydroxyl groups is 1. The van der Waals surface area contributed by atoms with Crippen LogP contribution in [0.5, 0.6) is 0 Å². The number of Topliss-reactive ketones (excluding diaryl/α,β-unsaturated/α-hetero) is 1. The third-order valence-corrected chi connectivity index (χ3v) is 10.9. The molecule has 1 saturated heterocycles. The Morgan fingerprint density at radius 1 is 1.20 bits per heavy atom. The minimum atomic E-state index is -2.09. The summed E-state index contributed by atoms with van der Waals surface area (Å²) in [7, 11) is 0. The van der Waals surface area contributed by atoms with Gasteiger partial charge >= 0.3 is 5.97 Å². The van der Waals surface area contributed by atoms with Crippen molar-refractivity contribution in [2.24, 2.45) is 22.7 Å². The van der Waals surface area contributed by atoms with E-state index in [0.29, 0.717) is 30.4 Å². The van der Waals surface area contributed by atoms with Gasteiger partial charge in [0.15, 0.2) is 29.4 Å². The minimum absolute atomic E-state index is 0.0735. The smallest absolute Gasteiger partial charge is 0.338 e. The number of nitrogens with zero attached hydrogens (tertiary/aromatic N) is 1. The normalized spacial score (nSPS) is 39.8. The highest BCUT2D eigenvalue weighted by molar-refractivity contribution is 6.01. The quantitative estimate of drug-likeness (QED) is 0.272. The Hall–Kier alpha value is -3.48. The molecule has 0 aromatic heterocycles. The molecule has 44 heavy (non-hydrogen) atoms. The second kappa shape index (κ2) is 10.0. The molecule has 5 aliphatic rings. The van der Waals surface area contributed by atoms with E-state index in [1.165, 1.54) is 30.4 Å². The summed E-state index contributed by atoms with van der Waals surface area (Å²) in [6, 6.07) is 5.89. The number of carbonyl (C=O) groups excluding carboxylic acids is 3. The summed E-state index contributed by atoms with van der Waals surface area (Å²) in [6.07, 6.45) is 3.20. The largest absolute Gasteiger partial charge is 0.454 e. The first kappa shape index (κ1) is 30.5. The van der Waals surface area contributed by atoms with Crippen LogP contribution in [0, 0.1) is 32.8 Å². The predicted molar refractivity (Wildman–Crippen MR) is 150 cm³/mol. The molecule has 3 saturated carbocycles. The van der Waals surface area contributed by atoms with Crippen LogP contribution in [0.3, 0.4) is 0 Å². The molecule has 0 amide bonds. The molecule has 1 aromatic rings. The van der Waals surface area contributed by atoms with E-state index in [9.17, 15) is 29.6 Å². The Morgan fingerprint density at radius 2 is 1.95 bits per heavy atom. The Bertz CT molecular complexity index is 1510. The van der Waals surface area contributed by atoms with Gasteiger partial charge in [-0.25, -0.2) is 9.18 Å². The third kappa shape index (κ3) is 4.21. The lowest BCUT2D eigenvalue weighted by Crippen LogP contribution is -2.70. The highest BCUT2D eigenvalue weighted by Crippen LogP contribution is 2.72. The number of esters is 1. The fourth-order valence-corrected chi connectivity index (χ4v) is 9.05. The van der Waals surface area contributed by atoms with E-state index in [1.807, 2.05) is 6.92 Å². The number of alkyl halides is 1. The van der Waals surface area contributed by atoms with Crippen molar-refractivity contribution in [3.05, 3.63) is 69.3 Å². The highest BCUT2D eigenvalue weighted by Gasteiger charge is 2.80. The molecule has 12 heteroatoms. The van der Waals surface area contributed by atoms with Gasteiger partial charge in [-0.15, -0.1) is 10.1 Å². The minimum Gasteiger partial charge on any atom is -0.454 e. The van der Waals surface area contributed by atoms with Crippen LogP contribution >= 0.6 is 0 Å². The Labute approximate surface area is 253 Å². The zero-order chi connectivity index (χ0) is 31.9. The molecule has 4 aliphatic carbocycles. The van der Waals surface area contributed by atoms with Gasteiger partial charge in [-0.2, -0.15) is 0 Å². The molecule has 11 nitrogen and oxygen atoms in total. The van der Waals surface area contributed by atoms with Crippen LogP contribution in [0.1, 0.15) is 69.3 Å². The standard InChI is InChI=1S/C32H36FNO10/c1-28(2)43-26-14-23-22-9-8-20-13-21(35)10-11-29(20,3)31(22,33)24(36)15-30(23,4)32(26,44-28)25(37)17-41-27(38)19-7-5-6-18(12-19)16-42-34(39)40/h5-7,10-13,22-24,26,36H,8-9,14-17H2,1-4H3/t22?,23?,24-,26+,29-,30-,31-,32+/m0/s1. The van der Waals surface area contributed by atoms with Crippen LogP contribution in [0.2, 0.25) is 0 Å². The molecule has 8 atom stereocenters. The van der Waals surface area contributed by atoms with Crippen LogP contribution in [0.25, 0.3) is 0 Å². The summed E-state index contributed by atoms with van der Waals surface area (Å²) in [4.78, 5) is 54.2. The van der Waals surface area contributed by atoms with Crippen molar-refractivity contribution in [3.63, 3.8) is 0 Å². The predicted octanol–water partition coefficient (Wildman–Crippen LogP) is 3.99. The van der Waals surface area contributed by atoms with Gasteiger partial charge in [-0.05, 0) is 82.2 Å². The molecular weight excluding hydrogens is 577 g/mol. The maximum Gasteiger partial charge on any atom is 0.338 e. The molecule has 1 heterocycles. The Kier molecular flexibility index (Phi) is 6.95. The maximum absolute atomic E-state index is 17.6. The Balaban J connectivity index is 1.29. The summed E-state index contributed by atoms with van der Waals surface area (Å²) in [5, 5.41) is 21.3. The molecule has 6 rings (SSSR count). The van der Waals surface area contributed by atoms with Gasteiger partial charge in [0.2, 0.25) is 5.78 Å². The first-order chi connectivity index (χ1) is 20.6. The van der Waals surface area contributed by atoms with Crippen molar-refractivity contribution in [1.82, 2.24) is 0 Å². The molecule has 236 valence electrons. The van der Waals surface area contributed by atoms with Gasteiger partial charge in [-0.1, -0.05) is 30.7 Å². The van der Waals surface area contributed by atoms with E-state index in [1.54, 1.807) is 32.9 Å². The van der Waals surface area contributed by atoms with Crippen molar-refractivity contribution in [1.29, 1.82) is 0 Å². The van der Waals surface area contributed by atoms with Crippen LogP contribution in [-0.4, -0.2) is 63.6 Å². The number of hydrogen-bond donors (Lipinski definition) is 1. The SMILES string of the molecule is CC1(C)O[C@@H]2CC3C4CCC5=CC(=O)C=C[C@]5(C)[C@@]4(F)[C@@H](O)C[C@]3(C)[C@]2(C(=O)COC(=O)c2cccc(CO[N+](=O)[O-])c2)O1. The van der Waals surface area contributed by atoms with E-state index in [4.69, 9.17) is 14.2 Å². The number of carbonyl (C=O) groups is 3. The average molecular weight is 614 g/mol. The summed E-state index contributed by atoms with van der Waals surface area (Å²) in [6.45, 7) is 5.90. The van der Waals surface area contributed by atoms with Crippen LogP contribution < -0.4 is 0 Å².